The fourth-order valence-corrected chi connectivity index (χ4v) is 3.70. The summed E-state index contributed by atoms with van der Waals surface area (Å²) in [6.07, 6.45) is 3.33. The third kappa shape index (κ3) is 9.01. The SMILES string of the molecule is CC.CC#CC(N)=O.NC(=O)c1nnc(N2CCCCC2)nc1Nc1ccc(C(=O)N2CCOCC2)cc1. The summed E-state index contributed by atoms with van der Waals surface area (Å²) in [5.41, 5.74) is 11.3. The highest BCUT2D eigenvalue weighted by Crippen LogP contribution is 2.22. The van der Waals surface area contributed by atoms with E-state index in [9.17, 15) is 14.4 Å². The monoisotopic (exact) mass is 524 g/mol. The van der Waals surface area contributed by atoms with E-state index < -0.39 is 11.8 Å². The molecule has 3 heterocycles. The van der Waals surface area contributed by atoms with Crippen LogP contribution >= 0.6 is 0 Å². The normalized spacial score (nSPS) is 14.4. The van der Waals surface area contributed by atoms with Gasteiger partial charge in [0, 0.05) is 37.4 Å². The fraction of sp³-hybridized carbons (Fsp3) is 0.462. The summed E-state index contributed by atoms with van der Waals surface area (Å²) in [6.45, 7) is 9.57. The molecular formula is C26H36N8O4. The van der Waals surface area contributed by atoms with Crippen molar-refractivity contribution in [1.82, 2.24) is 20.1 Å². The maximum Gasteiger partial charge on any atom is 0.293 e. The topological polar surface area (TPSA) is 170 Å². The number of benzene rings is 1. The lowest BCUT2D eigenvalue weighted by Gasteiger charge is -2.27. The molecule has 2 aliphatic rings. The van der Waals surface area contributed by atoms with Crippen LogP contribution in [0.25, 0.3) is 0 Å². The second kappa shape index (κ2) is 15.8. The first-order chi connectivity index (χ1) is 18.4. The lowest BCUT2D eigenvalue weighted by atomic mass is 10.1. The van der Waals surface area contributed by atoms with Gasteiger partial charge in [0.15, 0.2) is 11.5 Å². The molecule has 2 fully saturated rings. The molecule has 2 saturated heterocycles. The van der Waals surface area contributed by atoms with Crippen LogP contribution in [0.15, 0.2) is 24.3 Å². The summed E-state index contributed by atoms with van der Waals surface area (Å²) in [6, 6.07) is 7.01. The minimum Gasteiger partial charge on any atom is -0.378 e. The van der Waals surface area contributed by atoms with E-state index in [0.717, 1.165) is 25.9 Å². The van der Waals surface area contributed by atoms with Gasteiger partial charge in [0.1, 0.15) is 0 Å². The zero-order valence-electron chi connectivity index (χ0n) is 22.2. The van der Waals surface area contributed by atoms with Gasteiger partial charge in [-0.25, -0.2) is 0 Å². The number of ether oxygens (including phenoxy) is 1. The zero-order valence-corrected chi connectivity index (χ0v) is 22.2. The number of anilines is 3. The summed E-state index contributed by atoms with van der Waals surface area (Å²) < 4.78 is 5.29. The summed E-state index contributed by atoms with van der Waals surface area (Å²) in [4.78, 5) is 42.3. The predicted octanol–water partition coefficient (Wildman–Crippen LogP) is 1.70. The summed E-state index contributed by atoms with van der Waals surface area (Å²) >= 11 is 0. The zero-order chi connectivity index (χ0) is 27.9. The summed E-state index contributed by atoms with van der Waals surface area (Å²) in [5, 5.41) is 11.2. The predicted molar refractivity (Wildman–Crippen MR) is 145 cm³/mol. The molecule has 0 aliphatic carbocycles. The number of nitrogens with two attached hydrogens (primary N) is 2. The Kier molecular flexibility index (Phi) is 12.5. The quantitative estimate of drug-likeness (QED) is 0.493. The number of carbonyl (C=O) groups is 3. The van der Waals surface area contributed by atoms with Gasteiger partial charge in [0.25, 0.3) is 17.7 Å². The van der Waals surface area contributed by atoms with Crippen LogP contribution in [-0.4, -0.2) is 77.2 Å². The molecule has 1 aromatic heterocycles. The van der Waals surface area contributed by atoms with E-state index in [2.05, 4.69) is 43.0 Å². The maximum absolute atomic E-state index is 12.6. The number of amides is 3. The lowest BCUT2D eigenvalue weighted by Crippen LogP contribution is -2.40. The number of hydrogen-bond acceptors (Lipinski definition) is 9. The van der Waals surface area contributed by atoms with E-state index in [4.69, 9.17) is 10.5 Å². The molecule has 0 spiro atoms. The van der Waals surface area contributed by atoms with E-state index in [-0.39, 0.29) is 17.4 Å². The van der Waals surface area contributed by atoms with Gasteiger partial charge in [-0.1, -0.05) is 19.8 Å². The van der Waals surface area contributed by atoms with Crippen LogP contribution in [-0.2, 0) is 9.53 Å². The Morgan fingerprint density at radius 1 is 0.947 bits per heavy atom. The van der Waals surface area contributed by atoms with Crippen molar-refractivity contribution in [1.29, 1.82) is 0 Å². The average molecular weight is 525 g/mol. The van der Waals surface area contributed by atoms with Gasteiger partial charge < -0.3 is 31.3 Å². The number of aromatic nitrogens is 3. The van der Waals surface area contributed by atoms with Gasteiger partial charge in [0.2, 0.25) is 5.95 Å². The molecule has 1 aromatic carbocycles. The molecule has 5 N–H and O–H groups in total. The van der Waals surface area contributed by atoms with Crippen LogP contribution in [0, 0.1) is 11.8 Å². The molecule has 0 saturated carbocycles. The molecule has 12 nitrogen and oxygen atoms in total. The highest BCUT2D eigenvalue weighted by molar-refractivity contribution is 5.97. The van der Waals surface area contributed by atoms with E-state index in [0.29, 0.717) is 43.5 Å². The van der Waals surface area contributed by atoms with Crippen LogP contribution < -0.4 is 21.7 Å². The van der Waals surface area contributed by atoms with Crippen LogP contribution in [0.4, 0.5) is 17.5 Å². The molecule has 0 bridgehead atoms. The highest BCUT2D eigenvalue weighted by atomic mass is 16.5. The molecule has 4 rings (SSSR count). The van der Waals surface area contributed by atoms with Crippen molar-refractivity contribution < 1.29 is 19.1 Å². The number of nitrogens with one attached hydrogen (secondary N) is 1. The number of hydrogen-bond donors (Lipinski definition) is 3. The molecule has 2 aromatic rings. The van der Waals surface area contributed by atoms with Gasteiger partial charge in [-0.3, -0.25) is 14.4 Å². The Balaban J connectivity index is 0.000000560. The van der Waals surface area contributed by atoms with Crippen molar-refractivity contribution in [3.05, 3.63) is 35.5 Å². The number of nitrogens with zero attached hydrogens (tertiary/aromatic N) is 5. The summed E-state index contributed by atoms with van der Waals surface area (Å²) in [5.74, 6) is 3.86. The van der Waals surface area contributed by atoms with Crippen LogP contribution in [0.5, 0.6) is 0 Å². The van der Waals surface area contributed by atoms with Gasteiger partial charge in [-0.2, -0.15) is 4.98 Å². The molecule has 0 unspecified atom stereocenters. The maximum atomic E-state index is 12.6. The Morgan fingerprint density at radius 3 is 2.11 bits per heavy atom. The molecule has 12 heteroatoms. The van der Waals surface area contributed by atoms with Crippen molar-refractivity contribution in [2.24, 2.45) is 11.5 Å². The molecular weight excluding hydrogens is 488 g/mol. The summed E-state index contributed by atoms with van der Waals surface area (Å²) in [7, 11) is 0. The smallest absolute Gasteiger partial charge is 0.293 e. The first kappa shape index (κ1) is 30.0. The first-order valence-corrected chi connectivity index (χ1v) is 12.6. The van der Waals surface area contributed by atoms with E-state index in [1.807, 2.05) is 13.8 Å². The Labute approximate surface area is 223 Å². The second-order valence-corrected chi connectivity index (χ2v) is 8.07. The third-order valence-corrected chi connectivity index (χ3v) is 5.49. The van der Waals surface area contributed by atoms with Crippen molar-refractivity contribution in [2.75, 3.05) is 49.6 Å². The molecule has 0 radical (unpaired) electrons. The minimum atomic E-state index is -0.707. The number of primary amides is 2. The Hall–Kier alpha value is -4.24. The van der Waals surface area contributed by atoms with Gasteiger partial charge in [0.05, 0.1) is 13.2 Å². The third-order valence-electron chi connectivity index (χ3n) is 5.49. The van der Waals surface area contributed by atoms with Crippen LogP contribution in [0.1, 0.15) is 60.9 Å². The number of morpholine rings is 1. The van der Waals surface area contributed by atoms with E-state index in [1.54, 1.807) is 36.1 Å². The second-order valence-electron chi connectivity index (χ2n) is 8.07. The first-order valence-electron chi connectivity index (χ1n) is 12.6. The van der Waals surface area contributed by atoms with E-state index in [1.165, 1.54) is 6.42 Å². The standard InChI is InChI=1S/C20H25N7O3.C4H5NO.C2H6/c21-17(28)16-18(23-20(25-24-16)27-8-2-1-3-9-27)22-15-6-4-14(5-7-15)19(29)26-10-12-30-13-11-26;1-2-3-4(5)6;1-2/h4-7H,1-3,8-13H2,(H2,21,28)(H,22,23,25);1H3,(H2,5,6);1-2H3. The molecule has 2 aliphatic heterocycles. The molecule has 3 amide bonds. The highest BCUT2D eigenvalue weighted by Gasteiger charge is 2.21. The molecule has 0 atom stereocenters. The van der Waals surface area contributed by atoms with Crippen molar-refractivity contribution in [3.63, 3.8) is 0 Å². The lowest BCUT2D eigenvalue weighted by molar-refractivity contribution is -0.112. The van der Waals surface area contributed by atoms with Crippen molar-refractivity contribution in [3.8, 4) is 11.8 Å². The number of rotatable bonds is 5. The van der Waals surface area contributed by atoms with E-state index >= 15 is 0 Å². The minimum absolute atomic E-state index is 0.0239. The fourth-order valence-electron chi connectivity index (χ4n) is 3.70. The Bertz CT molecular complexity index is 1130. The van der Waals surface area contributed by atoms with Crippen molar-refractivity contribution >= 4 is 35.2 Å². The van der Waals surface area contributed by atoms with Gasteiger partial charge >= 0.3 is 0 Å². The molecule has 38 heavy (non-hydrogen) atoms. The van der Waals surface area contributed by atoms with Crippen LogP contribution in [0.2, 0.25) is 0 Å². The van der Waals surface area contributed by atoms with Crippen LogP contribution in [0.3, 0.4) is 0 Å². The average Bonchev–Trinajstić information content (AvgIpc) is 2.95. The number of piperidine rings is 1. The largest absolute Gasteiger partial charge is 0.378 e. The van der Waals surface area contributed by atoms with Gasteiger partial charge in [-0.15, -0.1) is 10.2 Å². The molecule has 204 valence electrons. The Morgan fingerprint density at radius 2 is 1.58 bits per heavy atom. The van der Waals surface area contributed by atoms with Crippen molar-refractivity contribution in [2.45, 2.75) is 40.0 Å². The number of carbonyl (C=O) groups excluding carboxylic acids is 3. The van der Waals surface area contributed by atoms with Gasteiger partial charge in [-0.05, 0) is 56.4 Å².